The van der Waals surface area contributed by atoms with Crippen LogP contribution in [-0.2, 0) is 6.67 Å². The molecule has 3 rings (SSSR count). The van der Waals surface area contributed by atoms with Crippen LogP contribution in [0.1, 0.15) is 12.8 Å². The minimum Gasteiger partial charge on any atom is -0.408 e. The Bertz CT molecular complexity index is 602. The second-order valence-electron chi connectivity index (χ2n) is 4.92. The summed E-state index contributed by atoms with van der Waals surface area (Å²) >= 11 is 0. The van der Waals surface area contributed by atoms with E-state index in [2.05, 4.69) is 0 Å². The lowest BCUT2D eigenvalue weighted by atomic mass is 10.1. The van der Waals surface area contributed by atoms with Crippen LogP contribution in [0, 0.1) is 0 Å². The topological polar surface area (TPSA) is 59.8 Å². The fourth-order valence-corrected chi connectivity index (χ4v) is 2.66. The summed E-state index contributed by atoms with van der Waals surface area (Å²) in [6.07, 6.45) is 1.62. The predicted octanol–water partition coefficient (Wildman–Crippen LogP) is -0.408. The van der Waals surface area contributed by atoms with Crippen molar-refractivity contribution in [2.24, 2.45) is 0 Å². The van der Waals surface area contributed by atoms with Gasteiger partial charge >= 0.3 is 5.76 Å². The van der Waals surface area contributed by atoms with Crippen molar-refractivity contribution in [2.75, 3.05) is 13.1 Å². The third-order valence-corrected chi connectivity index (χ3v) is 3.55. The molecule has 0 bridgehead atoms. The summed E-state index contributed by atoms with van der Waals surface area (Å²) in [7, 11) is 0. The molecule has 5 nitrogen and oxygen atoms in total. The molecule has 1 saturated heterocycles. The van der Waals surface area contributed by atoms with Gasteiger partial charge in [-0.25, -0.2) is 9.36 Å². The zero-order valence-electron chi connectivity index (χ0n) is 10.1. The van der Waals surface area contributed by atoms with Gasteiger partial charge in [-0.15, -0.1) is 0 Å². The fraction of sp³-hybridized carbons (Fsp3) is 0.462. The van der Waals surface area contributed by atoms with Crippen molar-refractivity contribution in [1.82, 2.24) is 4.57 Å². The van der Waals surface area contributed by atoms with Crippen molar-refractivity contribution in [1.29, 1.82) is 0 Å². The fourth-order valence-electron chi connectivity index (χ4n) is 2.66. The number of oxazole rings is 1. The van der Waals surface area contributed by atoms with Gasteiger partial charge in [0.15, 0.2) is 12.3 Å². The number of likely N-dealkylation sites (tertiary alicyclic amines) is 1. The number of nitrogens with zero attached hydrogens (tertiary/aromatic N) is 1. The van der Waals surface area contributed by atoms with Crippen LogP contribution in [0.5, 0.6) is 0 Å². The number of aromatic nitrogens is 1. The minimum atomic E-state index is -0.316. The van der Waals surface area contributed by atoms with E-state index in [9.17, 15) is 9.90 Å². The van der Waals surface area contributed by atoms with Crippen molar-refractivity contribution in [3.63, 3.8) is 0 Å². The van der Waals surface area contributed by atoms with Crippen molar-refractivity contribution in [3.8, 4) is 0 Å². The Morgan fingerprint density at radius 1 is 1.44 bits per heavy atom. The lowest BCUT2D eigenvalue weighted by Gasteiger charge is -2.26. The van der Waals surface area contributed by atoms with Gasteiger partial charge in [-0.3, -0.25) is 0 Å². The molecule has 5 heteroatoms. The Morgan fingerprint density at radius 2 is 2.28 bits per heavy atom. The summed E-state index contributed by atoms with van der Waals surface area (Å²) in [6, 6.07) is 7.44. The Kier molecular flexibility index (Phi) is 2.93. The summed E-state index contributed by atoms with van der Waals surface area (Å²) in [6.45, 7) is 2.25. The molecule has 2 atom stereocenters. The monoisotopic (exact) mass is 249 g/mol. The first-order chi connectivity index (χ1) is 8.74. The highest BCUT2D eigenvalue weighted by Gasteiger charge is 2.22. The van der Waals surface area contributed by atoms with E-state index in [1.165, 1.54) is 4.90 Å². The molecule has 0 radical (unpaired) electrons. The highest BCUT2D eigenvalue weighted by molar-refractivity contribution is 5.72. The zero-order chi connectivity index (χ0) is 12.5. The number of hydrogen-bond donors (Lipinski definition) is 2. The molecule has 1 aromatic carbocycles. The molecule has 2 N–H and O–H groups in total. The molecule has 18 heavy (non-hydrogen) atoms. The highest BCUT2D eigenvalue weighted by Crippen LogP contribution is 2.10. The SMILES string of the molecule is O=c1oc2ccccc2n1C[NH+]1CCC[C@@H](O)C1. The second-order valence-corrected chi connectivity index (χ2v) is 4.92. The molecule has 0 spiro atoms. The number of fused-ring (bicyclic) bond motifs is 1. The van der Waals surface area contributed by atoms with Gasteiger partial charge in [0.2, 0.25) is 0 Å². The van der Waals surface area contributed by atoms with Gasteiger partial charge in [-0.2, -0.15) is 0 Å². The van der Waals surface area contributed by atoms with E-state index in [1.54, 1.807) is 10.6 Å². The van der Waals surface area contributed by atoms with Gasteiger partial charge in [-0.1, -0.05) is 12.1 Å². The minimum absolute atomic E-state index is 0.248. The first kappa shape index (κ1) is 11.5. The second kappa shape index (κ2) is 4.59. The molecular formula is C13H17N2O3+. The maximum Gasteiger partial charge on any atom is 0.424 e. The molecule has 1 aromatic heterocycles. The average molecular weight is 249 g/mol. The van der Waals surface area contributed by atoms with Gasteiger partial charge in [0.25, 0.3) is 0 Å². The molecule has 1 fully saturated rings. The molecule has 1 unspecified atom stereocenters. The summed E-state index contributed by atoms with van der Waals surface area (Å²) in [5.74, 6) is -0.316. The first-order valence-electron chi connectivity index (χ1n) is 6.34. The standard InChI is InChI=1S/C13H16N2O3/c16-10-4-3-7-14(8-10)9-15-11-5-1-2-6-12(11)18-13(15)17/h1-2,5-6,10,16H,3-4,7-9H2/p+1/t10-/m1/s1. The molecule has 0 saturated carbocycles. The number of quaternary nitrogens is 1. The summed E-state index contributed by atoms with van der Waals surface area (Å²) in [5, 5.41) is 9.66. The number of rotatable bonds is 2. The maximum atomic E-state index is 11.8. The number of para-hydroxylation sites is 2. The number of benzene rings is 1. The van der Waals surface area contributed by atoms with Crippen LogP contribution < -0.4 is 10.7 Å². The Balaban J connectivity index is 1.90. The quantitative estimate of drug-likeness (QED) is 0.761. The smallest absolute Gasteiger partial charge is 0.408 e. The van der Waals surface area contributed by atoms with Crippen LogP contribution in [-0.4, -0.2) is 28.9 Å². The summed E-state index contributed by atoms with van der Waals surface area (Å²) < 4.78 is 6.85. The molecule has 1 aliphatic heterocycles. The van der Waals surface area contributed by atoms with Crippen LogP contribution in [0.2, 0.25) is 0 Å². The van der Waals surface area contributed by atoms with Gasteiger partial charge in [0.1, 0.15) is 12.6 Å². The predicted molar refractivity (Wildman–Crippen MR) is 66.4 cm³/mol. The van der Waals surface area contributed by atoms with Gasteiger partial charge in [0, 0.05) is 0 Å². The molecule has 0 amide bonds. The zero-order valence-corrected chi connectivity index (χ0v) is 10.1. The molecule has 0 aliphatic carbocycles. The van der Waals surface area contributed by atoms with E-state index in [-0.39, 0.29) is 11.9 Å². The molecule has 96 valence electrons. The number of aliphatic hydroxyl groups excluding tert-OH is 1. The van der Waals surface area contributed by atoms with E-state index in [0.717, 1.165) is 24.9 Å². The van der Waals surface area contributed by atoms with Crippen LogP contribution in [0.25, 0.3) is 11.1 Å². The van der Waals surface area contributed by atoms with E-state index < -0.39 is 0 Å². The van der Waals surface area contributed by atoms with Gasteiger partial charge in [0.05, 0.1) is 12.1 Å². The third kappa shape index (κ3) is 2.07. The summed E-state index contributed by atoms with van der Waals surface area (Å²) in [4.78, 5) is 13.0. The Morgan fingerprint density at radius 3 is 3.11 bits per heavy atom. The van der Waals surface area contributed by atoms with Gasteiger partial charge < -0.3 is 14.4 Å². The number of hydrogen-bond acceptors (Lipinski definition) is 3. The van der Waals surface area contributed by atoms with E-state index >= 15 is 0 Å². The highest BCUT2D eigenvalue weighted by atomic mass is 16.4. The molecule has 1 aliphatic rings. The van der Waals surface area contributed by atoms with Crippen LogP contribution in [0.15, 0.2) is 33.5 Å². The maximum absolute atomic E-state index is 11.8. The van der Waals surface area contributed by atoms with E-state index in [1.807, 2.05) is 18.2 Å². The number of aliphatic hydroxyl groups is 1. The van der Waals surface area contributed by atoms with Crippen molar-refractivity contribution < 1.29 is 14.4 Å². The van der Waals surface area contributed by atoms with Crippen molar-refractivity contribution in [2.45, 2.75) is 25.6 Å². The molecular weight excluding hydrogens is 232 g/mol. The Labute approximate surface area is 104 Å². The van der Waals surface area contributed by atoms with Crippen LogP contribution in [0.3, 0.4) is 0 Å². The molecule has 2 aromatic rings. The first-order valence-corrected chi connectivity index (χ1v) is 6.34. The summed E-state index contributed by atoms with van der Waals surface area (Å²) in [5.41, 5.74) is 1.45. The van der Waals surface area contributed by atoms with Crippen LogP contribution in [0.4, 0.5) is 0 Å². The lowest BCUT2D eigenvalue weighted by Crippen LogP contribution is -3.13. The Hall–Kier alpha value is -1.59. The largest absolute Gasteiger partial charge is 0.424 e. The van der Waals surface area contributed by atoms with E-state index in [4.69, 9.17) is 4.42 Å². The lowest BCUT2D eigenvalue weighted by molar-refractivity contribution is -0.930. The number of nitrogens with one attached hydrogen (secondary N) is 1. The van der Waals surface area contributed by atoms with Crippen molar-refractivity contribution in [3.05, 3.63) is 34.8 Å². The van der Waals surface area contributed by atoms with Crippen LogP contribution >= 0.6 is 0 Å². The normalized spacial score (nSPS) is 24.5. The van der Waals surface area contributed by atoms with E-state index in [0.29, 0.717) is 18.8 Å². The average Bonchev–Trinajstić information content (AvgIpc) is 2.66. The van der Waals surface area contributed by atoms with Crippen molar-refractivity contribution >= 4 is 11.1 Å². The third-order valence-electron chi connectivity index (χ3n) is 3.55. The molecule has 2 heterocycles. The number of piperidine rings is 1. The van der Waals surface area contributed by atoms with Gasteiger partial charge in [-0.05, 0) is 25.0 Å².